The van der Waals surface area contributed by atoms with E-state index in [0.29, 0.717) is 0 Å². The van der Waals surface area contributed by atoms with Crippen LogP contribution in [0.15, 0.2) is 16.6 Å². The van der Waals surface area contributed by atoms with Gasteiger partial charge in [-0.05, 0) is 52.9 Å². The third kappa shape index (κ3) is 1.58. The summed E-state index contributed by atoms with van der Waals surface area (Å²) in [5, 5.41) is 9.30. The van der Waals surface area contributed by atoms with Crippen LogP contribution in [0.1, 0.15) is 30.9 Å². The zero-order valence-corrected chi connectivity index (χ0v) is 11.1. The summed E-state index contributed by atoms with van der Waals surface area (Å²) in [4.78, 5) is 11.3. The van der Waals surface area contributed by atoms with Crippen LogP contribution in [-0.2, 0) is 16.6 Å². The van der Waals surface area contributed by atoms with Gasteiger partial charge in [0.2, 0.25) is 0 Å². The fourth-order valence-corrected chi connectivity index (χ4v) is 3.11. The molecular formula is C13H13BrO3. The Labute approximate surface area is 108 Å². The van der Waals surface area contributed by atoms with Crippen molar-refractivity contribution in [3.63, 3.8) is 0 Å². The Bertz CT molecular complexity index is 506. The van der Waals surface area contributed by atoms with E-state index in [1.165, 1.54) is 0 Å². The topological polar surface area (TPSA) is 46.5 Å². The van der Waals surface area contributed by atoms with E-state index < -0.39 is 11.4 Å². The number of rotatable bonds is 2. The summed E-state index contributed by atoms with van der Waals surface area (Å²) in [5.74, 6) is 0.166. The summed E-state index contributed by atoms with van der Waals surface area (Å²) >= 11 is 3.48. The molecule has 3 nitrogen and oxygen atoms in total. The van der Waals surface area contributed by atoms with Gasteiger partial charge in [0.25, 0.3) is 0 Å². The lowest BCUT2D eigenvalue weighted by Gasteiger charge is -2.12. The fourth-order valence-electron chi connectivity index (χ4n) is 2.51. The van der Waals surface area contributed by atoms with Crippen molar-refractivity contribution in [2.45, 2.75) is 37.7 Å². The minimum Gasteiger partial charge on any atom is -0.489 e. The first-order valence-corrected chi connectivity index (χ1v) is 6.55. The summed E-state index contributed by atoms with van der Waals surface area (Å²) < 4.78 is 6.57. The Kier molecular flexibility index (Phi) is 2.27. The van der Waals surface area contributed by atoms with Gasteiger partial charge >= 0.3 is 5.97 Å². The molecule has 17 heavy (non-hydrogen) atoms. The Hall–Kier alpha value is -1.03. The number of ether oxygens (including phenoxy) is 1. The number of carbonyl (C=O) groups is 1. The predicted octanol–water partition coefficient (Wildman–Crippen LogP) is 2.89. The van der Waals surface area contributed by atoms with Gasteiger partial charge in [-0.15, -0.1) is 0 Å². The molecule has 0 saturated heterocycles. The van der Waals surface area contributed by atoms with E-state index in [0.717, 1.165) is 40.6 Å². The van der Waals surface area contributed by atoms with E-state index in [2.05, 4.69) is 15.9 Å². The molecule has 1 aromatic rings. The van der Waals surface area contributed by atoms with Gasteiger partial charge in [0.05, 0.1) is 9.89 Å². The molecule has 2 aliphatic rings. The van der Waals surface area contributed by atoms with Crippen LogP contribution in [0.25, 0.3) is 0 Å². The molecule has 3 rings (SSSR count). The maximum atomic E-state index is 11.3. The molecular weight excluding hydrogens is 284 g/mol. The Morgan fingerprint density at radius 2 is 2.24 bits per heavy atom. The van der Waals surface area contributed by atoms with Gasteiger partial charge in [-0.2, -0.15) is 0 Å². The van der Waals surface area contributed by atoms with E-state index in [4.69, 9.17) is 4.74 Å². The molecule has 1 unspecified atom stereocenters. The molecule has 1 N–H and O–H groups in total. The third-order valence-corrected chi connectivity index (χ3v) is 4.25. The maximum absolute atomic E-state index is 11.3. The van der Waals surface area contributed by atoms with E-state index in [9.17, 15) is 9.90 Å². The standard InChI is InChI=1S/C13H13BrO3/c1-7-4-8-5-9(6-10(14)11(8)17-7)13(2-3-13)12(15)16/h5-7H,2-4H2,1H3,(H,15,16). The minimum atomic E-state index is -0.712. The Balaban J connectivity index is 2.07. The quantitative estimate of drug-likeness (QED) is 0.913. The highest BCUT2D eigenvalue weighted by molar-refractivity contribution is 9.10. The van der Waals surface area contributed by atoms with Gasteiger partial charge in [-0.3, -0.25) is 4.79 Å². The normalized spacial score (nSPS) is 24.0. The van der Waals surface area contributed by atoms with Crippen molar-refractivity contribution in [2.75, 3.05) is 0 Å². The van der Waals surface area contributed by atoms with Crippen molar-refractivity contribution in [3.8, 4) is 5.75 Å². The number of aliphatic carboxylic acids is 1. The van der Waals surface area contributed by atoms with Crippen molar-refractivity contribution in [1.29, 1.82) is 0 Å². The highest BCUT2D eigenvalue weighted by atomic mass is 79.9. The van der Waals surface area contributed by atoms with Gasteiger partial charge in [0.15, 0.2) is 0 Å². The average molecular weight is 297 g/mol. The molecule has 1 aromatic carbocycles. The van der Waals surface area contributed by atoms with Crippen LogP contribution in [0.4, 0.5) is 0 Å². The van der Waals surface area contributed by atoms with Crippen LogP contribution in [-0.4, -0.2) is 17.2 Å². The maximum Gasteiger partial charge on any atom is 0.314 e. The second-order valence-corrected chi connectivity index (χ2v) is 5.82. The van der Waals surface area contributed by atoms with Crippen LogP contribution >= 0.6 is 15.9 Å². The first kappa shape index (κ1) is 11.1. The van der Waals surface area contributed by atoms with Gasteiger partial charge in [0, 0.05) is 6.42 Å². The minimum absolute atomic E-state index is 0.177. The summed E-state index contributed by atoms with van der Waals surface area (Å²) in [5.41, 5.74) is 1.39. The number of hydrogen-bond donors (Lipinski definition) is 1. The summed E-state index contributed by atoms with van der Waals surface area (Å²) in [6, 6.07) is 3.91. The zero-order valence-electron chi connectivity index (χ0n) is 9.50. The molecule has 90 valence electrons. The largest absolute Gasteiger partial charge is 0.489 e. The first-order chi connectivity index (χ1) is 8.03. The summed E-state index contributed by atoms with van der Waals surface area (Å²) in [6.07, 6.45) is 2.52. The molecule has 1 atom stereocenters. The highest BCUT2D eigenvalue weighted by Crippen LogP contribution is 2.51. The average Bonchev–Trinajstić information content (AvgIpc) is 2.97. The van der Waals surface area contributed by atoms with Crippen molar-refractivity contribution in [2.24, 2.45) is 0 Å². The second-order valence-electron chi connectivity index (χ2n) is 4.97. The van der Waals surface area contributed by atoms with Gasteiger partial charge in [0.1, 0.15) is 11.9 Å². The highest BCUT2D eigenvalue weighted by Gasteiger charge is 2.52. The summed E-state index contributed by atoms with van der Waals surface area (Å²) in [7, 11) is 0. The van der Waals surface area contributed by atoms with E-state index in [1.54, 1.807) is 0 Å². The SMILES string of the molecule is CC1Cc2cc(C3(C(=O)O)CC3)cc(Br)c2O1. The number of hydrogen-bond acceptors (Lipinski definition) is 2. The molecule has 1 heterocycles. The van der Waals surface area contributed by atoms with Crippen LogP contribution in [0.2, 0.25) is 0 Å². The predicted molar refractivity (Wildman–Crippen MR) is 66.5 cm³/mol. The second kappa shape index (κ2) is 3.48. The van der Waals surface area contributed by atoms with Gasteiger partial charge in [-0.25, -0.2) is 0 Å². The number of benzene rings is 1. The van der Waals surface area contributed by atoms with Crippen molar-refractivity contribution in [3.05, 3.63) is 27.7 Å². The lowest BCUT2D eigenvalue weighted by atomic mass is 9.93. The van der Waals surface area contributed by atoms with Crippen LogP contribution < -0.4 is 4.74 Å². The zero-order chi connectivity index (χ0) is 12.2. The molecule has 0 amide bonds. The number of fused-ring (bicyclic) bond motifs is 1. The lowest BCUT2D eigenvalue weighted by molar-refractivity contribution is -0.140. The Morgan fingerprint density at radius 3 is 2.82 bits per heavy atom. The van der Waals surface area contributed by atoms with E-state index in [-0.39, 0.29) is 6.10 Å². The molecule has 4 heteroatoms. The van der Waals surface area contributed by atoms with Crippen molar-refractivity contribution >= 4 is 21.9 Å². The molecule has 1 saturated carbocycles. The smallest absolute Gasteiger partial charge is 0.314 e. The molecule has 0 radical (unpaired) electrons. The van der Waals surface area contributed by atoms with E-state index >= 15 is 0 Å². The first-order valence-electron chi connectivity index (χ1n) is 5.76. The molecule has 0 aromatic heterocycles. The lowest BCUT2D eigenvalue weighted by Crippen LogP contribution is -2.19. The van der Waals surface area contributed by atoms with Crippen LogP contribution in [0.5, 0.6) is 5.75 Å². The third-order valence-electron chi connectivity index (χ3n) is 3.66. The fraction of sp³-hybridized carbons (Fsp3) is 0.462. The summed E-state index contributed by atoms with van der Waals surface area (Å²) in [6.45, 7) is 2.02. The van der Waals surface area contributed by atoms with E-state index in [1.807, 2.05) is 19.1 Å². The Morgan fingerprint density at radius 1 is 1.53 bits per heavy atom. The molecule has 0 bridgehead atoms. The van der Waals surface area contributed by atoms with Crippen molar-refractivity contribution in [1.82, 2.24) is 0 Å². The van der Waals surface area contributed by atoms with Gasteiger partial charge < -0.3 is 9.84 Å². The number of carboxylic acid groups (broad SMARTS) is 1. The van der Waals surface area contributed by atoms with Crippen molar-refractivity contribution < 1.29 is 14.6 Å². The monoisotopic (exact) mass is 296 g/mol. The van der Waals surface area contributed by atoms with Crippen LogP contribution in [0.3, 0.4) is 0 Å². The van der Waals surface area contributed by atoms with Gasteiger partial charge in [-0.1, -0.05) is 6.07 Å². The number of halogens is 1. The molecule has 1 fully saturated rings. The molecule has 1 aliphatic carbocycles. The number of carboxylic acids is 1. The molecule has 0 spiro atoms. The molecule has 1 aliphatic heterocycles. The van der Waals surface area contributed by atoms with Crippen LogP contribution in [0, 0.1) is 0 Å².